The van der Waals surface area contributed by atoms with Crippen molar-refractivity contribution >= 4 is 10.1 Å². The van der Waals surface area contributed by atoms with Crippen LogP contribution in [0.25, 0.3) is 0 Å². The Morgan fingerprint density at radius 2 is 2.07 bits per heavy atom. The molecule has 1 aliphatic carbocycles. The van der Waals surface area contributed by atoms with E-state index in [1.165, 1.54) is 12.1 Å². The lowest BCUT2D eigenvalue weighted by Gasteiger charge is -2.29. The predicted molar refractivity (Wildman–Crippen MR) is 50.0 cm³/mol. The molecule has 0 radical (unpaired) electrons. The van der Waals surface area contributed by atoms with Crippen LogP contribution in [0.4, 0.5) is 0 Å². The molecule has 1 aliphatic rings. The first-order chi connectivity index (χ1) is 6.41. The molecular formula is C9H10O4S. The Kier molecular flexibility index (Phi) is 1.84. The Morgan fingerprint density at radius 1 is 1.43 bits per heavy atom. The molecule has 76 valence electrons. The molecule has 0 bridgehead atoms. The fraction of sp³-hybridized carbons (Fsp3) is 0.333. The third-order valence-electron chi connectivity index (χ3n) is 2.57. The number of phenols is 1. The highest BCUT2D eigenvalue weighted by atomic mass is 32.2. The maximum Gasteiger partial charge on any atom is 0.294 e. The van der Waals surface area contributed by atoms with Crippen LogP contribution in [0.15, 0.2) is 17.0 Å². The molecule has 0 amide bonds. The van der Waals surface area contributed by atoms with E-state index in [0.29, 0.717) is 17.5 Å². The van der Waals surface area contributed by atoms with Crippen molar-refractivity contribution < 1.29 is 18.1 Å². The number of phenolic OH excluding ortho intramolecular Hbond substituents is 1. The van der Waals surface area contributed by atoms with E-state index in [0.717, 1.165) is 0 Å². The van der Waals surface area contributed by atoms with Gasteiger partial charge in [0.05, 0.1) is 4.90 Å². The topological polar surface area (TPSA) is 74.6 Å². The molecular weight excluding hydrogens is 204 g/mol. The lowest BCUT2D eigenvalue weighted by Crippen LogP contribution is -2.19. The summed E-state index contributed by atoms with van der Waals surface area (Å²) >= 11 is 0. The molecule has 1 unspecified atom stereocenters. The van der Waals surface area contributed by atoms with Crippen LogP contribution in [0.3, 0.4) is 0 Å². The minimum absolute atomic E-state index is 0.0778. The molecule has 5 heteroatoms. The Hall–Kier alpha value is -1.07. The third kappa shape index (κ3) is 1.20. The fourth-order valence-corrected chi connectivity index (χ4v) is 2.73. The van der Waals surface area contributed by atoms with Crippen molar-refractivity contribution in [3.8, 4) is 5.75 Å². The van der Waals surface area contributed by atoms with Crippen LogP contribution in [0, 0.1) is 0 Å². The second-order valence-electron chi connectivity index (χ2n) is 3.56. The first-order valence-electron chi connectivity index (χ1n) is 4.23. The zero-order chi connectivity index (χ0) is 10.5. The molecule has 0 aromatic heterocycles. The van der Waals surface area contributed by atoms with E-state index in [9.17, 15) is 13.5 Å². The number of aromatic hydroxyl groups is 1. The average molecular weight is 214 g/mol. The molecule has 1 aromatic carbocycles. The molecule has 4 nitrogen and oxygen atoms in total. The van der Waals surface area contributed by atoms with E-state index in [-0.39, 0.29) is 16.6 Å². The van der Waals surface area contributed by atoms with E-state index >= 15 is 0 Å². The quantitative estimate of drug-likeness (QED) is 0.691. The van der Waals surface area contributed by atoms with Gasteiger partial charge in [-0.25, -0.2) is 0 Å². The lowest BCUT2D eigenvalue weighted by atomic mass is 9.78. The van der Waals surface area contributed by atoms with E-state index in [1.54, 1.807) is 0 Å². The van der Waals surface area contributed by atoms with Crippen molar-refractivity contribution in [2.45, 2.75) is 24.2 Å². The SMILES string of the molecule is CC1Cc2c(O)ccc(S(=O)(=O)O)c21. The van der Waals surface area contributed by atoms with Crippen LogP contribution in [0.1, 0.15) is 24.0 Å². The Bertz CT molecular complexity index is 490. The van der Waals surface area contributed by atoms with E-state index < -0.39 is 10.1 Å². The number of rotatable bonds is 1. The number of hydrogen-bond donors (Lipinski definition) is 2. The molecule has 0 saturated heterocycles. The van der Waals surface area contributed by atoms with Gasteiger partial charge in [0.15, 0.2) is 0 Å². The van der Waals surface area contributed by atoms with Gasteiger partial charge in [-0.3, -0.25) is 4.55 Å². The number of hydrogen-bond acceptors (Lipinski definition) is 3. The molecule has 0 aliphatic heterocycles. The van der Waals surface area contributed by atoms with E-state index in [2.05, 4.69) is 0 Å². The maximum atomic E-state index is 11.0. The van der Waals surface area contributed by atoms with Gasteiger partial charge in [-0.05, 0) is 35.6 Å². The highest BCUT2D eigenvalue weighted by Crippen LogP contribution is 2.43. The third-order valence-corrected chi connectivity index (χ3v) is 3.49. The van der Waals surface area contributed by atoms with Crippen LogP contribution >= 0.6 is 0 Å². The normalized spacial score (nSPS) is 20.0. The van der Waals surface area contributed by atoms with Crippen LogP contribution in [0.5, 0.6) is 5.75 Å². The Morgan fingerprint density at radius 3 is 2.57 bits per heavy atom. The summed E-state index contributed by atoms with van der Waals surface area (Å²) in [5.41, 5.74) is 1.18. The van der Waals surface area contributed by atoms with Crippen molar-refractivity contribution in [3.05, 3.63) is 23.3 Å². The molecule has 0 saturated carbocycles. The second-order valence-corrected chi connectivity index (χ2v) is 4.95. The molecule has 0 spiro atoms. The van der Waals surface area contributed by atoms with Crippen molar-refractivity contribution in [1.82, 2.24) is 0 Å². The van der Waals surface area contributed by atoms with Crippen molar-refractivity contribution in [2.75, 3.05) is 0 Å². The highest BCUT2D eigenvalue weighted by molar-refractivity contribution is 7.85. The van der Waals surface area contributed by atoms with Gasteiger partial charge in [0.2, 0.25) is 0 Å². The van der Waals surface area contributed by atoms with Crippen LogP contribution < -0.4 is 0 Å². The summed E-state index contributed by atoms with van der Waals surface area (Å²) in [6, 6.07) is 2.53. The summed E-state index contributed by atoms with van der Waals surface area (Å²) in [4.78, 5) is -0.0796. The lowest BCUT2D eigenvalue weighted by molar-refractivity contribution is 0.447. The first kappa shape index (κ1) is 9.48. The molecule has 1 atom stereocenters. The molecule has 1 aromatic rings. The van der Waals surface area contributed by atoms with Gasteiger partial charge in [-0.2, -0.15) is 8.42 Å². The molecule has 2 rings (SSSR count). The summed E-state index contributed by atoms with van der Waals surface area (Å²) in [5, 5.41) is 9.38. The minimum Gasteiger partial charge on any atom is -0.508 e. The van der Waals surface area contributed by atoms with Crippen LogP contribution in [-0.2, 0) is 16.5 Å². The van der Waals surface area contributed by atoms with Crippen molar-refractivity contribution in [3.63, 3.8) is 0 Å². The monoisotopic (exact) mass is 214 g/mol. The largest absolute Gasteiger partial charge is 0.508 e. The first-order valence-corrected chi connectivity index (χ1v) is 5.67. The van der Waals surface area contributed by atoms with E-state index in [4.69, 9.17) is 4.55 Å². The summed E-state index contributed by atoms with van der Waals surface area (Å²) in [7, 11) is -4.17. The second kappa shape index (κ2) is 2.71. The van der Waals surface area contributed by atoms with Gasteiger partial charge in [-0.1, -0.05) is 6.92 Å². The number of benzene rings is 1. The number of fused-ring (bicyclic) bond motifs is 1. The molecule has 14 heavy (non-hydrogen) atoms. The highest BCUT2D eigenvalue weighted by Gasteiger charge is 2.32. The minimum atomic E-state index is -4.17. The molecule has 0 heterocycles. The van der Waals surface area contributed by atoms with Gasteiger partial charge in [0.25, 0.3) is 10.1 Å². The van der Waals surface area contributed by atoms with Crippen LogP contribution in [0.2, 0.25) is 0 Å². The molecule has 2 N–H and O–H groups in total. The predicted octanol–water partition coefficient (Wildman–Crippen LogP) is 1.30. The standard InChI is InChI=1S/C9H10O4S/c1-5-4-6-7(10)2-3-8(9(5)6)14(11,12)13/h2-3,5,10H,4H2,1H3,(H,11,12,13). The van der Waals surface area contributed by atoms with E-state index in [1.807, 2.05) is 6.92 Å². The van der Waals surface area contributed by atoms with Crippen LogP contribution in [-0.4, -0.2) is 18.1 Å². The fourth-order valence-electron chi connectivity index (χ4n) is 1.89. The van der Waals surface area contributed by atoms with Gasteiger partial charge in [0.1, 0.15) is 5.75 Å². The summed E-state index contributed by atoms with van der Waals surface area (Å²) in [5.74, 6) is 0.180. The summed E-state index contributed by atoms with van der Waals surface area (Å²) in [6.07, 6.45) is 0.657. The zero-order valence-electron chi connectivity index (χ0n) is 7.56. The summed E-state index contributed by atoms with van der Waals surface area (Å²) < 4.78 is 30.9. The Labute approximate surface area is 81.9 Å². The van der Waals surface area contributed by atoms with Gasteiger partial charge in [0, 0.05) is 0 Å². The van der Waals surface area contributed by atoms with Crippen molar-refractivity contribution in [1.29, 1.82) is 0 Å². The van der Waals surface area contributed by atoms with Gasteiger partial charge < -0.3 is 5.11 Å². The van der Waals surface area contributed by atoms with Crippen molar-refractivity contribution in [2.24, 2.45) is 0 Å². The van der Waals surface area contributed by atoms with Gasteiger partial charge >= 0.3 is 0 Å². The average Bonchev–Trinajstić information content (AvgIpc) is 2.04. The zero-order valence-corrected chi connectivity index (χ0v) is 8.37. The molecule has 0 fully saturated rings. The summed E-state index contributed by atoms with van der Waals surface area (Å²) in [6.45, 7) is 1.86. The van der Waals surface area contributed by atoms with Gasteiger partial charge in [-0.15, -0.1) is 0 Å². The Balaban J connectivity index is 2.72. The maximum absolute atomic E-state index is 11.0. The smallest absolute Gasteiger partial charge is 0.294 e.